The zero-order valence-electron chi connectivity index (χ0n) is 15.6. The number of benzene rings is 2. The molecule has 2 heterocycles. The van der Waals surface area contributed by atoms with Crippen molar-refractivity contribution in [3.8, 4) is 5.75 Å². The Morgan fingerprint density at radius 3 is 2.67 bits per heavy atom. The molecule has 0 radical (unpaired) electrons. The number of hydrogen-bond donors (Lipinski definition) is 0. The topological polar surface area (TPSA) is 42.4 Å². The Morgan fingerprint density at radius 1 is 1.15 bits per heavy atom. The summed E-state index contributed by atoms with van der Waals surface area (Å²) < 4.78 is 6.63. The van der Waals surface area contributed by atoms with E-state index in [1.54, 1.807) is 18.4 Å². The van der Waals surface area contributed by atoms with Crippen LogP contribution < -0.4 is 4.74 Å². The number of para-hydroxylation sites is 2. The van der Waals surface area contributed by atoms with Gasteiger partial charge >= 0.3 is 0 Å². The molecule has 0 saturated carbocycles. The first kappa shape index (κ1) is 18.0. The van der Waals surface area contributed by atoms with Crippen molar-refractivity contribution in [1.82, 2.24) is 9.88 Å². The van der Waals surface area contributed by atoms with Crippen LogP contribution in [0.4, 0.5) is 0 Å². The predicted octanol–water partition coefficient (Wildman–Crippen LogP) is 4.64. The Balaban J connectivity index is 1.32. The molecule has 0 atom stereocenters. The quantitative estimate of drug-likeness (QED) is 0.647. The first-order valence-electron chi connectivity index (χ1n) is 9.49. The van der Waals surface area contributed by atoms with Gasteiger partial charge in [-0.2, -0.15) is 0 Å². The fourth-order valence-electron chi connectivity index (χ4n) is 3.75. The maximum absolute atomic E-state index is 12.6. The number of aromatic nitrogens is 1. The lowest BCUT2D eigenvalue weighted by molar-refractivity contribution is -0.132. The number of methoxy groups -OCH3 is 1. The van der Waals surface area contributed by atoms with Gasteiger partial charge in [0.05, 0.1) is 22.3 Å². The van der Waals surface area contributed by atoms with E-state index in [0.29, 0.717) is 12.3 Å². The van der Waals surface area contributed by atoms with E-state index >= 15 is 0 Å². The van der Waals surface area contributed by atoms with E-state index in [4.69, 9.17) is 9.72 Å². The molecule has 5 heteroatoms. The molecule has 0 spiro atoms. The lowest BCUT2D eigenvalue weighted by Crippen LogP contribution is -2.38. The predicted molar refractivity (Wildman–Crippen MR) is 109 cm³/mol. The Bertz CT molecular complexity index is 896. The molecule has 1 saturated heterocycles. The minimum atomic E-state index is 0.239. The zero-order chi connectivity index (χ0) is 18.6. The van der Waals surface area contributed by atoms with Crippen LogP contribution in [0.3, 0.4) is 0 Å². The molecule has 4 rings (SSSR count). The number of nitrogens with zero attached hydrogens (tertiary/aromatic N) is 2. The summed E-state index contributed by atoms with van der Waals surface area (Å²) in [7, 11) is 1.67. The van der Waals surface area contributed by atoms with Crippen molar-refractivity contribution in [3.05, 3.63) is 59.1 Å². The van der Waals surface area contributed by atoms with Crippen LogP contribution >= 0.6 is 11.3 Å². The third kappa shape index (κ3) is 3.98. The van der Waals surface area contributed by atoms with E-state index in [9.17, 15) is 4.79 Å². The molecule has 1 aliphatic rings. The summed E-state index contributed by atoms with van der Waals surface area (Å²) >= 11 is 1.80. The second-order valence-corrected chi connectivity index (χ2v) is 8.05. The Hall–Kier alpha value is -2.40. The lowest BCUT2D eigenvalue weighted by Gasteiger charge is -2.31. The second kappa shape index (κ2) is 8.09. The SMILES string of the molecule is COc1ccccc1CCC(=O)N1CCC(c2nc3ccccc3s2)CC1. The highest BCUT2D eigenvalue weighted by Crippen LogP contribution is 2.34. The van der Waals surface area contributed by atoms with Crippen molar-refractivity contribution in [3.63, 3.8) is 0 Å². The summed E-state index contributed by atoms with van der Waals surface area (Å²) in [5.74, 6) is 1.57. The number of carbonyl (C=O) groups excluding carboxylic acids is 1. The first-order valence-corrected chi connectivity index (χ1v) is 10.3. The fourth-order valence-corrected chi connectivity index (χ4v) is 4.89. The number of amides is 1. The van der Waals surface area contributed by atoms with Crippen LogP contribution in [0.25, 0.3) is 10.2 Å². The number of ether oxygens (including phenoxy) is 1. The average molecular weight is 381 g/mol. The van der Waals surface area contributed by atoms with Crippen LogP contribution in [-0.4, -0.2) is 36.0 Å². The average Bonchev–Trinajstić information content (AvgIpc) is 3.16. The summed E-state index contributed by atoms with van der Waals surface area (Å²) in [5.41, 5.74) is 2.19. The van der Waals surface area contributed by atoms with Gasteiger partial charge in [0.25, 0.3) is 0 Å². The van der Waals surface area contributed by atoms with Gasteiger partial charge in [-0.15, -0.1) is 11.3 Å². The van der Waals surface area contributed by atoms with Crippen molar-refractivity contribution < 1.29 is 9.53 Å². The van der Waals surface area contributed by atoms with Gasteiger partial charge in [-0.3, -0.25) is 4.79 Å². The van der Waals surface area contributed by atoms with E-state index in [1.807, 2.05) is 35.2 Å². The summed E-state index contributed by atoms with van der Waals surface area (Å²) in [6.07, 6.45) is 3.26. The standard InChI is InChI=1S/C22H24N2O2S/c1-26-19-8-4-2-6-16(19)10-11-21(25)24-14-12-17(13-15-24)22-23-18-7-3-5-9-20(18)27-22/h2-9,17H,10-15H2,1H3. The molecule has 1 aliphatic heterocycles. The number of hydrogen-bond acceptors (Lipinski definition) is 4. The number of carbonyl (C=O) groups is 1. The van der Waals surface area contributed by atoms with Crippen LogP contribution in [0.5, 0.6) is 5.75 Å². The molecule has 4 nitrogen and oxygen atoms in total. The number of thiazole rings is 1. The Kier molecular flexibility index (Phi) is 5.39. The zero-order valence-corrected chi connectivity index (χ0v) is 16.4. The van der Waals surface area contributed by atoms with Gasteiger partial charge in [0.1, 0.15) is 5.75 Å². The van der Waals surface area contributed by atoms with Gasteiger partial charge in [-0.1, -0.05) is 30.3 Å². The van der Waals surface area contributed by atoms with Crippen molar-refractivity contribution >= 4 is 27.5 Å². The smallest absolute Gasteiger partial charge is 0.222 e. The molecule has 1 amide bonds. The number of fused-ring (bicyclic) bond motifs is 1. The van der Waals surface area contributed by atoms with Crippen molar-refractivity contribution in [1.29, 1.82) is 0 Å². The van der Waals surface area contributed by atoms with Crippen molar-refractivity contribution in [2.75, 3.05) is 20.2 Å². The molecule has 27 heavy (non-hydrogen) atoms. The molecule has 3 aromatic rings. The molecule has 0 aliphatic carbocycles. The van der Waals surface area contributed by atoms with Gasteiger partial charge < -0.3 is 9.64 Å². The molecule has 2 aromatic carbocycles. The summed E-state index contributed by atoms with van der Waals surface area (Å²) in [5, 5.41) is 1.22. The largest absolute Gasteiger partial charge is 0.496 e. The Labute approximate surface area is 163 Å². The third-order valence-electron chi connectivity index (χ3n) is 5.31. The molecule has 1 fully saturated rings. The van der Waals surface area contributed by atoms with Crippen LogP contribution in [0.1, 0.15) is 35.8 Å². The normalized spacial score (nSPS) is 15.2. The van der Waals surface area contributed by atoms with E-state index in [1.165, 1.54) is 9.71 Å². The third-order valence-corrected chi connectivity index (χ3v) is 6.51. The minimum absolute atomic E-state index is 0.239. The van der Waals surface area contributed by atoms with Crippen LogP contribution in [-0.2, 0) is 11.2 Å². The maximum Gasteiger partial charge on any atom is 0.222 e. The fraction of sp³-hybridized carbons (Fsp3) is 0.364. The van der Waals surface area contributed by atoms with Crippen molar-refractivity contribution in [2.24, 2.45) is 0 Å². The van der Waals surface area contributed by atoms with Gasteiger partial charge in [0, 0.05) is 25.4 Å². The molecular weight excluding hydrogens is 356 g/mol. The molecular formula is C22H24N2O2S. The van der Waals surface area contributed by atoms with E-state index in [0.717, 1.165) is 49.2 Å². The molecule has 0 N–H and O–H groups in total. The molecule has 0 unspecified atom stereocenters. The number of rotatable bonds is 5. The lowest BCUT2D eigenvalue weighted by atomic mass is 9.97. The monoisotopic (exact) mass is 380 g/mol. The van der Waals surface area contributed by atoms with Gasteiger partial charge in [0.2, 0.25) is 5.91 Å². The second-order valence-electron chi connectivity index (χ2n) is 6.99. The number of aryl methyl sites for hydroxylation is 1. The van der Waals surface area contributed by atoms with Crippen LogP contribution in [0.2, 0.25) is 0 Å². The molecule has 1 aromatic heterocycles. The van der Waals surface area contributed by atoms with E-state index < -0.39 is 0 Å². The van der Waals surface area contributed by atoms with Gasteiger partial charge in [-0.05, 0) is 43.0 Å². The van der Waals surface area contributed by atoms with Crippen LogP contribution in [0.15, 0.2) is 48.5 Å². The van der Waals surface area contributed by atoms with Crippen LogP contribution in [0, 0.1) is 0 Å². The van der Waals surface area contributed by atoms with Crippen molar-refractivity contribution in [2.45, 2.75) is 31.6 Å². The molecule has 140 valence electrons. The highest BCUT2D eigenvalue weighted by molar-refractivity contribution is 7.18. The van der Waals surface area contributed by atoms with Gasteiger partial charge in [0.15, 0.2) is 0 Å². The van der Waals surface area contributed by atoms with E-state index in [-0.39, 0.29) is 5.91 Å². The minimum Gasteiger partial charge on any atom is -0.496 e. The van der Waals surface area contributed by atoms with Gasteiger partial charge in [-0.25, -0.2) is 4.98 Å². The summed E-state index contributed by atoms with van der Waals surface area (Å²) in [6, 6.07) is 16.2. The maximum atomic E-state index is 12.6. The van der Waals surface area contributed by atoms with E-state index in [2.05, 4.69) is 18.2 Å². The number of likely N-dealkylation sites (tertiary alicyclic amines) is 1. The highest BCUT2D eigenvalue weighted by atomic mass is 32.1. The number of piperidine rings is 1. The summed E-state index contributed by atoms with van der Waals surface area (Å²) in [6.45, 7) is 1.65. The Morgan fingerprint density at radius 2 is 1.89 bits per heavy atom. The summed E-state index contributed by atoms with van der Waals surface area (Å²) in [4.78, 5) is 19.4. The highest BCUT2D eigenvalue weighted by Gasteiger charge is 2.25. The molecule has 0 bridgehead atoms. The first-order chi connectivity index (χ1) is 13.2.